The van der Waals surface area contributed by atoms with Crippen molar-refractivity contribution in [2.75, 3.05) is 16.3 Å². The van der Waals surface area contributed by atoms with E-state index in [1.165, 1.54) is 24.3 Å². The van der Waals surface area contributed by atoms with Crippen molar-refractivity contribution in [3.05, 3.63) is 59.7 Å². The highest BCUT2D eigenvalue weighted by Gasteiger charge is 2.62. The summed E-state index contributed by atoms with van der Waals surface area (Å²) in [5, 5.41) is 2.43. The van der Waals surface area contributed by atoms with Crippen molar-refractivity contribution in [3.8, 4) is 0 Å². The second-order valence-corrected chi connectivity index (χ2v) is 8.29. The van der Waals surface area contributed by atoms with E-state index in [0.717, 1.165) is 35.5 Å². The molecule has 0 radical (unpaired) electrons. The summed E-state index contributed by atoms with van der Waals surface area (Å²) in [4.78, 5) is 54.5. The van der Waals surface area contributed by atoms with Gasteiger partial charge in [-0.3, -0.25) is 19.7 Å². The van der Waals surface area contributed by atoms with Crippen molar-refractivity contribution < 1.29 is 19.2 Å². The molecule has 0 saturated carbocycles. The summed E-state index contributed by atoms with van der Waals surface area (Å²) in [6, 6.07) is 12.6. The molecular formula is C23H22N4O4. The number of fused-ring (bicyclic) bond motifs is 4. The maximum atomic E-state index is 13.9. The number of nitrogens with one attached hydrogen (secondary N) is 1. The molecule has 3 aliphatic rings. The van der Waals surface area contributed by atoms with E-state index in [-0.39, 0.29) is 18.0 Å². The molecular weight excluding hydrogens is 396 g/mol. The predicted molar refractivity (Wildman–Crippen MR) is 114 cm³/mol. The number of carbonyl (C=O) groups excluding carboxylic acids is 4. The maximum absolute atomic E-state index is 13.9. The summed E-state index contributed by atoms with van der Waals surface area (Å²) in [6.45, 7) is 0.755. The number of imide groups is 2. The number of benzene rings is 2. The van der Waals surface area contributed by atoms with Gasteiger partial charge in [-0.25, -0.2) is 9.69 Å². The van der Waals surface area contributed by atoms with Crippen molar-refractivity contribution in [1.29, 1.82) is 0 Å². The van der Waals surface area contributed by atoms with E-state index in [4.69, 9.17) is 5.73 Å². The fourth-order valence-electron chi connectivity index (χ4n) is 5.20. The second-order valence-electron chi connectivity index (χ2n) is 8.29. The van der Waals surface area contributed by atoms with Crippen LogP contribution in [0.4, 0.5) is 16.2 Å². The van der Waals surface area contributed by atoms with Crippen molar-refractivity contribution in [1.82, 2.24) is 5.32 Å². The lowest BCUT2D eigenvalue weighted by atomic mass is 9.66. The third-order valence-corrected chi connectivity index (χ3v) is 6.67. The van der Waals surface area contributed by atoms with Gasteiger partial charge in [-0.05, 0) is 61.6 Å². The number of nitrogens with zero attached hydrogens (tertiary/aromatic N) is 2. The first-order valence-electron chi connectivity index (χ1n) is 10.4. The molecule has 8 nitrogen and oxygen atoms in total. The van der Waals surface area contributed by atoms with Gasteiger partial charge >= 0.3 is 6.03 Å². The Morgan fingerprint density at radius 2 is 1.77 bits per heavy atom. The number of anilines is 2. The van der Waals surface area contributed by atoms with Crippen LogP contribution in [0.2, 0.25) is 0 Å². The van der Waals surface area contributed by atoms with Crippen LogP contribution in [0, 0.1) is 5.41 Å². The molecule has 3 N–H and O–H groups in total. The second kappa shape index (κ2) is 6.94. The van der Waals surface area contributed by atoms with Crippen LogP contribution in [0.3, 0.4) is 0 Å². The van der Waals surface area contributed by atoms with Gasteiger partial charge in [-0.2, -0.15) is 0 Å². The summed E-state index contributed by atoms with van der Waals surface area (Å²) in [5.41, 5.74) is 6.43. The molecule has 5 rings (SSSR count). The zero-order valence-corrected chi connectivity index (χ0v) is 16.8. The standard InChI is InChI=1S/C23H22N4O4/c24-19(28)14-8-10-16(11-9-14)27-21(30)23(20(29)25-22(27)31)13-15-5-1-2-6-17(15)26-12-4-3-7-18(23)26/h1-2,5-6,8-11,18H,3-4,7,12-13H2,(H2,24,28)(H,25,29,31)/t18-,23+/m1/s1. The largest absolute Gasteiger partial charge is 0.367 e. The predicted octanol–water partition coefficient (Wildman–Crippen LogP) is 1.97. The van der Waals surface area contributed by atoms with E-state index in [2.05, 4.69) is 10.2 Å². The molecule has 2 saturated heterocycles. The molecule has 3 heterocycles. The third kappa shape index (κ3) is 2.74. The molecule has 2 aromatic carbocycles. The molecule has 8 heteroatoms. The summed E-state index contributed by atoms with van der Waals surface area (Å²) in [7, 11) is 0. The number of hydrogen-bond donors (Lipinski definition) is 2. The molecule has 0 aliphatic carbocycles. The minimum absolute atomic E-state index is 0.234. The van der Waals surface area contributed by atoms with Gasteiger partial charge in [0.15, 0.2) is 5.41 Å². The smallest absolute Gasteiger partial charge is 0.335 e. The van der Waals surface area contributed by atoms with E-state index in [0.29, 0.717) is 12.1 Å². The first kappa shape index (κ1) is 19.3. The van der Waals surface area contributed by atoms with Crippen LogP contribution in [0.1, 0.15) is 35.2 Å². The molecule has 0 bridgehead atoms. The van der Waals surface area contributed by atoms with Crippen LogP contribution >= 0.6 is 0 Å². The molecule has 0 unspecified atom stereocenters. The lowest BCUT2D eigenvalue weighted by Crippen LogP contribution is -2.72. The highest BCUT2D eigenvalue weighted by Crippen LogP contribution is 2.47. The van der Waals surface area contributed by atoms with Crippen LogP contribution in [0.15, 0.2) is 48.5 Å². The van der Waals surface area contributed by atoms with E-state index in [1.807, 2.05) is 24.3 Å². The molecule has 158 valence electrons. The van der Waals surface area contributed by atoms with E-state index >= 15 is 0 Å². The third-order valence-electron chi connectivity index (χ3n) is 6.67. The van der Waals surface area contributed by atoms with E-state index in [9.17, 15) is 19.2 Å². The molecule has 0 aromatic heterocycles. The molecule has 1 spiro atoms. The Morgan fingerprint density at radius 3 is 2.52 bits per heavy atom. The fraction of sp³-hybridized carbons (Fsp3) is 0.304. The van der Waals surface area contributed by atoms with Gasteiger partial charge in [0.25, 0.3) is 5.91 Å². The number of piperidine rings is 1. The van der Waals surface area contributed by atoms with Gasteiger partial charge in [-0.15, -0.1) is 0 Å². The normalized spacial score (nSPS) is 25.2. The Hall–Kier alpha value is -3.68. The Balaban J connectivity index is 1.62. The van der Waals surface area contributed by atoms with Crippen LogP contribution < -0.4 is 20.9 Å². The van der Waals surface area contributed by atoms with Crippen molar-refractivity contribution >= 4 is 35.1 Å². The molecule has 2 aromatic rings. The first-order valence-corrected chi connectivity index (χ1v) is 10.4. The number of nitrogens with two attached hydrogens (primary N) is 1. The first-order chi connectivity index (χ1) is 14.9. The van der Waals surface area contributed by atoms with Crippen LogP contribution in [-0.4, -0.2) is 36.3 Å². The molecule has 2 atom stereocenters. The van der Waals surface area contributed by atoms with Crippen molar-refractivity contribution in [3.63, 3.8) is 0 Å². The molecule has 2 fully saturated rings. The Bertz CT molecular complexity index is 1110. The van der Waals surface area contributed by atoms with Crippen LogP contribution in [0.5, 0.6) is 0 Å². The van der Waals surface area contributed by atoms with Gasteiger partial charge in [0.05, 0.1) is 11.7 Å². The topological polar surface area (TPSA) is 113 Å². The molecule has 5 amide bonds. The van der Waals surface area contributed by atoms with E-state index < -0.39 is 29.2 Å². The quantitative estimate of drug-likeness (QED) is 0.724. The Labute approximate surface area is 179 Å². The maximum Gasteiger partial charge on any atom is 0.335 e. The minimum Gasteiger partial charge on any atom is -0.367 e. The van der Waals surface area contributed by atoms with Crippen molar-refractivity contribution in [2.24, 2.45) is 11.1 Å². The number of amides is 5. The summed E-state index contributed by atoms with van der Waals surface area (Å²) in [5.74, 6) is -1.67. The molecule has 3 aliphatic heterocycles. The van der Waals surface area contributed by atoms with Crippen molar-refractivity contribution in [2.45, 2.75) is 31.7 Å². The van der Waals surface area contributed by atoms with E-state index in [1.54, 1.807) is 0 Å². The zero-order chi connectivity index (χ0) is 21.8. The fourth-order valence-corrected chi connectivity index (χ4v) is 5.20. The Morgan fingerprint density at radius 1 is 1.03 bits per heavy atom. The lowest BCUT2D eigenvalue weighted by Gasteiger charge is -2.53. The van der Waals surface area contributed by atoms with Crippen LogP contribution in [0.25, 0.3) is 0 Å². The summed E-state index contributed by atoms with van der Waals surface area (Å²) < 4.78 is 0. The SMILES string of the molecule is NC(=O)c1ccc(N2C(=O)NC(=O)[C@@]3(Cc4ccccc4N4CCCC[C@@H]43)C2=O)cc1. The number of hydrogen-bond acceptors (Lipinski definition) is 5. The number of barbiturate groups is 1. The summed E-state index contributed by atoms with van der Waals surface area (Å²) >= 11 is 0. The summed E-state index contributed by atoms with van der Waals surface area (Å²) in [6.07, 6.45) is 2.81. The number of urea groups is 1. The average Bonchev–Trinajstić information content (AvgIpc) is 2.78. The average molecular weight is 418 g/mol. The zero-order valence-electron chi connectivity index (χ0n) is 16.8. The minimum atomic E-state index is -1.40. The van der Waals surface area contributed by atoms with Gasteiger partial charge < -0.3 is 10.6 Å². The van der Waals surface area contributed by atoms with Gasteiger partial charge in [0.1, 0.15) is 0 Å². The Kier molecular flexibility index (Phi) is 4.32. The highest BCUT2D eigenvalue weighted by molar-refractivity contribution is 6.30. The van der Waals surface area contributed by atoms with Gasteiger partial charge in [0.2, 0.25) is 11.8 Å². The van der Waals surface area contributed by atoms with Gasteiger partial charge in [-0.1, -0.05) is 18.2 Å². The number of para-hydroxylation sites is 1. The number of carbonyl (C=O) groups is 4. The highest BCUT2D eigenvalue weighted by atomic mass is 16.2. The monoisotopic (exact) mass is 418 g/mol. The number of rotatable bonds is 2. The van der Waals surface area contributed by atoms with Gasteiger partial charge in [0, 0.05) is 17.8 Å². The number of primary amides is 1. The molecule has 31 heavy (non-hydrogen) atoms. The lowest BCUT2D eigenvalue weighted by molar-refractivity contribution is -0.145. The van der Waals surface area contributed by atoms with Crippen LogP contribution in [-0.2, 0) is 16.0 Å².